The van der Waals surface area contributed by atoms with Gasteiger partial charge in [-0.3, -0.25) is 0 Å². The van der Waals surface area contributed by atoms with E-state index in [4.69, 9.17) is 28.9 Å². The molecule has 0 unspecified atom stereocenters. The second-order valence-corrected chi connectivity index (χ2v) is 20.7. The van der Waals surface area contributed by atoms with Gasteiger partial charge in [0.15, 0.2) is 12.6 Å². The molecule has 0 amide bonds. The number of aromatic nitrogens is 10. The van der Waals surface area contributed by atoms with Crippen LogP contribution in [0.25, 0.3) is 102 Å². The lowest BCUT2D eigenvalue weighted by Gasteiger charge is -2.39. The topological polar surface area (TPSA) is 318 Å². The summed E-state index contributed by atoms with van der Waals surface area (Å²) in [5.74, 6) is 0. The molecule has 13 rings (SSSR count). The van der Waals surface area contributed by atoms with Crippen LogP contribution in [0.1, 0.15) is 34.2 Å². The SMILES string of the molecule is OC[C@H]1O[C@H](OCc2cn(-c3ccc(-c4c5nc(c(-c6ccccc6)c6ccc([nH]6)c(-c6ccccc6)c6nc(c(-c7ccc(-n8cc(CO[C@H]9O[C@H](CO)[C@@H](O)[C@H](O)[C@@H]9O)nn8)cc7)c7ccc4[nH]7)C=C6)C=C5)cc3)nn2)[C@@H](O)[C@@H](O)[C@@H]1O. The number of ether oxygens (including phenoxy) is 4. The number of nitrogens with one attached hydrogen (secondary N) is 2. The maximum atomic E-state index is 10.5. The third-order valence-electron chi connectivity index (χ3n) is 15.3. The van der Waals surface area contributed by atoms with Gasteiger partial charge >= 0.3 is 0 Å². The van der Waals surface area contributed by atoms with E-state index in [1.165, 1.54) is 0 Å². The van der Waals surface area contributed by atoms with Crippen molar-refractivity contribution in [3.63, 3.8) is 0 Å². The predicted octanol–water partition coefficient (Wildman–Crippen LogP) is 5.12. The van der Waals surface area contributed by atoms with E-state index < -0.39 is 74.6 Å². The summed E-state index contributed by atoms with van der Waals surface area (Å²) in [6.07, 6.45) is -2.77. The first kappa shape index (κ1) is 54.5. The van der Waals surface area contributed by atoms with Gasteiger partial charge in [0, 0.05) is 44.3 Å². The van der Waals surface area contributed by atoms with Crippen molar-refractivity contribution in [1.29, 1.82) is 0 Å². The first-order valence-electron chi connectivity index (χ1n) is 27.2. The number of aliphatic hydroxyl groups excluding tert-OH is 8. The monoisotopic (exact) mass is 1130 g/mol. The quantitative estimate of drug-likeness (QED) is 0.0676. The summed E-state index contributed by atoms with van der Waals surface area (Å²) in [6.45, 7) is -1.47. The van der Waals surface area contributed by atoms with Crippen LogP contribution in [0.15, 0.2) is 146 Å². The first-order chi connectivity index (χ1) is 41.0. The van der Waals surface area contributed by atoms with Crippen molar-refractivity contribution in [3.05, 3.63) is 180 Å². The minimum atomic E-state index is -1.58. The minimum absolute atomic E-state index is 0.153. The van der Waals surface area contributed by atoms with Gasteiger partial charge in [-0.1, -0.05) is 95.4 Å². The lowest BCUT2D eigenvalue weighted by Crippen LogP contribution is -2.59. The summed E-state index contributed by atoms with van der Waals surface area (Å²) in [5, 5.41) is 98.4. The molecule has 426 valence electrons. The summed E-state index contributed by atoms with van der Waals surface area (Å²) in [4.78, 5) is 18.4. The minimum Gasteiger partial charge on any atom is -0.394 e. The van der Waals surface area contributed by atoms with E-state index in [0.29, 0.717) is 34.2 Å². The molecule has 22 heteroatoms. The molecule has 0 saturated carbocycles. The molecule has 2 saturated heterocycles. The first-order valence-corrected chi connectivity index (χ1v) is 27.2. The standard InChI is InChI=1S/C62H56N10O12/c73-29-49-55(75)57(77)59(79)61(83-49)81-31-37-27-71(69-67-37)39-15-11-35(12-16-39)53-45-23-21-43(64-45)51(33-7-3-1-4-8-33)41-19-20-42(63-41)52(34-9-5-2-6-10-34)44-22-24-46(65-44)54(48-26-25-47(53)66-48)36-13-17-40(18-14-36)72-28-38(68-70-72)32-82-62-60(80)58(78)56(76)50(30-74)84-62/h1-28,49-50,55-63,66,73-80H,29-32H2/t49-,50-,55-,56-,57+,58+,59+,60+,61+,62+/m1/s1. The summed E-state index contributed by atoms with van der Waals surface area (Å²) < 4.78 is 25.6. The van der Waals surface area contributed by atoms with E-state index in [-0.39, 0.29) is 13.2 Å². The van der Waals surface area contributed by atoms with E-state index in [0.717, 1.165) is 78.0 Å². The Balaban J connectivity index is 0.906. The van der Waals surface area contributed by atoms with Crippen molar-refractivity contribution in [2.75, 3.05) is 13.2 Å². The van der Waals surface area contributed by atoms with Crippen molar-refractivity contribution in [3.8, 4) is 55.9 Å². The lowest BCUT2D eigenvalue weighted by molar-refractivity contribution is -0.304. The molecule has 9 aromatic rings. The number of fused-ring (bicyclic) bond motifs is 8. The molecule has 84 heavy (non-hydrogen) atoms. The summed E-state index contributed by atoms with van der Waals surface area (Å²) >= 11 is 0. The largest absolute Gasteiger partial charge is 0.394 e. The molecule has 10 N–H and O–H groups in total. The zero-order valence-corrected chi connectivity index (χ0v) is 44.6. The van der Waals surface area contributed by atoms with E-state index in [1.807, 2.05) is 121 Å². The fourth-order valence-corrected chi connectivity index (χ4v) is 10.9. The number of rotatable bonds is 14. The summed E-state index contributed by atoms with van der Waals surface area (Å²) in [5.41, 5.74) is 15.3. The highest BCUT2D eigenvalue weighted by atomic mass is 16.7. The smallest absolute Gasteiger partial charge is 0.187 e. The van der Waals surface area contributed by atoms with Crippen LogP contribution in [-0.4, -0.2) is 165 Å². The van der Waals surface area contributed by atoms with Crippen molar-refractivity contribution >= 4 is 46.4 Å². The van der Waals surface area contributed by atoms with Gasteiger partial charge in [0.05, 0.1) is 73.0 Å². The number of H-pyrrole nitrogens is 2. The van der Waals surface area contributed by atoms with Crippen LogP contribution >= 0.6 is 0 Å². The molecule has 2 fully saturated rings. The predicted molar refractivity (Wildman–Crippen MR) is 308 cm³/mol. The molecule has 5 aromatic heterocycles. The molecule has 4 aliphatic heterocycles. The Morgan fingerprint density at radius 1 is 0.405 bits per heavy atom. The highest BCUT2D eigenvalue weighted by molar-refractivity contribution is 6.00. The van der Waals surface area contributed by atoms with E-state index in [9.17, 15) is 40.9 Å². The number of nitrogens with zero attached hydrogens (tertiary/aromatic N) is 8. The Hall–Kier alpha value is -8.72. The van der Waals surface area contributed by atoms with Crippen LogP contribution in [0.4, 0.5) is 0 Å². The number of hydrogen-bond acceptors (Lipinski definition) is 18. The zero-order valence-electron chi connectivity index (χ0n) is 44.6. The second-order valence-electron chi connectivity index (χ2n) is 20.7. The van der Waals surface area contributed by atoms with Gasteiger partial charge in [-0.05, 0) is 95.1 Å². The number of aliphatic hydroxyl groups is 8. The third kappa shape index (κ3) is 10.5. The fourth-order valence-electron chi connectivity index (χ4n) is 10.9. The molecule has 8 bridgehead atoms. The molecule has 0 spiro atoms. The molecule has 22 nitrogen and oxygen atoms in total. The van der Waals surface area contributed by atoms with E-state index in [1.54, 1.807) is 21.8 Å². The van der Waals surface area contributed by atoms with Gasteiger partial charge in [0.1, 0.15) is 60.2 Å². The van der Waals surface area contributed by atoms with E-state index >= 15 is 0 Å². The maximum Gasteiger partial charge on any atom is 0.187 e. The average molecular weight is 1130 g/mol. The Kier molecular flexibility index (Phi) is 15.0. The number of hydrogen-bond donors (Lipinski definition) is 10. The Morgan fingerprint density at radius 2 is 0.738 bits per heavy atom. The van der Waals surface area contributed by atoms with Crippen LogP contribution in [-0.2, 0) is 32.2 Å². The van der Waals surface area contributed by atoms with Crippen molar-refractivity contribution in [2.45, 2.75) is 74.6 Å². The molecule has 4 aromatic carbocycles. The van der Waals surface area contributed by atoms with Crippen molar-refractivity contribution in [1.82, 2.24) is 49.9 Å². The fraction of sp³-hybridized carbons (Fsp3) is 0.226. The second kappa shape index (κ2) is 23.1. The average Bonchev–Trinajstić information content (AvgIpc) is 4.60. The molecule has 0 aliphatic carbocycles. The van der Waals surface area contributed by atoms with Crippen LogP contribution in [0.3, 0.4) is 0 Å². The Bertz CT molecular complexity index is 3810. The van der Waals surface area contributed by atoms with Crippen LogP contribution in [0, 0.1) is 0 Å². The van der Waals surface area contributed by atoms with Crippen molar-refractivity contribution in [2.24, 2.45) is 0 Å². The third-order valence-corrected chi connectivity index (χ3v) is 15.3. The number of aromatic amines is 2. The molecule has 4 aliphatic rings. The normalized spacial score (nSPS) is 23.1. The van der Waals surface area contributed by atoms with Gasteiger partial charge in [-0.15, -0.1) is 10.2 Å². The molecule has 9 heterocycles. The Labute approximate surface area is 478 Å². The highest BCUT2D eigenvalue weighted by Gasteiger charge is 2.45. The van der Waals surface area contributed by atoms with Gasteiger partial charge in [0.25, 0.3) is 0 Å². The van der Waals surface area contributed by atoms with E-state index in [2.05, 4.69) is 67.0 Å². The maximum absolute atomic E-state index is 10.5. The molecule has 10 atom stereocenters. The van der Waals surface area contributed by atoms with Crippen LogP contribution in [0.5, 0.6) is 0 Å². The van der Waals surface area contributed by atoms with Crippen molar-refractivity contribution < 1.29 is 59.8 Å². The van der Waals surface area contributed by atoms with Crippen LogP contribution < -0.4 is 0 Å². The van der Waals surface area contributed by atoms with Gasteiger partial charge < -0.3 is 69.8 Å². The highest BCUT2D eigenvalue weighted by Crippen LogP contribution is 2.39. The zero-order chi connectivity index (χ0) is 57.6. The van der Waals surface area contributed by atoms with Crippen LogP contribution in [0.2, 0.25) is 0 Å². The summed E-state index contributed by atoms with van der Waals surface area (Å²) in [6, 6.07) is 44.1. The van der Waals surface area contributed by atoms with Gasteiger partial charge in [-0.2, -0.15) is 0 Å². The van der Waals surface area contributed by atoms with Gasteiger partial charge in [-0.25, -0.2) is 19.3 Å². The Morgan fingerprint density at radius 3 is 1.07 bits per heavy atom. The summed E-state index contributed by atoms with van der Waals surface area (Å²) in [7, 11) is 0. The number of benzene rings is 4. The van der Waals surface area contributed by atoms with Gasteiger partial charge in [0.2, 0.25) is 0 Å². The molecule has 0 radical (unpaired) electrons. The lowest BCUT2D eigenvalue weighted by atomic mass is 9.99. The molecular formula is C62H56N10O12. The molecular weight excluding hydrogens is 1080 g/mol.